The van der Waals surface area contributed by atoms with Crippen molar-refractivity contribution in [1.29, 1.82) is 0 Å². The van der Waals surface area contributed by atoms with Crippen LogP contribution in [0.25, 0.3) is 0 Å². The third kappa shape index (κ3) is 49.3. The van der Waals surface area contributed by atoms with E-state index in [1.165, 1.54) is 193 Å². The number of hydrogen-bond acceptors (Lipinski definition) is 18. The van der Waals surface area contributed by atoms with Crippen LogP contribution in [0.15, 0.2) is 109 Å². The van der Waals surface area contributed by atoms with Crippen molar-refractivity contribution < 1.29 is 89.4 Å². The third-order valence-corrected chi connectivity index (χ3v) is 21.6. The maximum Gasteiger partial charge on any atom is 0.220 e. The molecule has 3 heterocycles. The van der Waals surface area contributed by atoms with E-state index in [1.807, 2.05) is 0 Å². The standard InChI is InChI=1S/C92H161NO18/c1-3-5-7-9-11-13-15-17-19-21-23-25-27-29-30-31-32-33-34-35-36-37-38-39-40-41-42-43-44-46-48-50-52-54-56-58-60-62-64-66-68-70-80(98)93-75(76(97)69-67-65-63-61-59-57-55-53-51-49-47-45-28-26-24-22-20-18-16-14-12-10-8-6-4-2)74-106-90-86(104)83(101)88(78(72-95)108-90)111-92-87(105)84(102)89(79(73-96)109-92)110-91-85(103)82(100)81(99)77(71-94)107-91/h5,7,11,13,17,19,23,25,29-30,32-33,35-36,38-39,41-42,75-79,81-92,94-97,99-105H,3-4,6,8-10,12,14-16,18,20-22,24,26-28,31,34,37,40,43-74H2,1-2H3,(H,93,98)/b7-5-,13-11-,19-17-,25-23-,30-29-,33-32-,36-35-,39-38-,42-41-. The average molecular weight is 1570 g/mol. The molecule has 0 aliphatic carbocycles. The Bertz CT molecular complexity index is 2430. The smallest absolute Gasteiger partial charge is 0.220 e. The van der Waals surface area contributed by atoms with E-state index < -0.39 is 124 Å². The number of amides is 1. The second-order valence-electron chi connectivity index (χ2n) is 31.3. The quantitative estimate of drug-likeness (QED) is 0.0199. The summed E-state index contributed by atoms with van der Waals surface area (Å²) in [5.74, 6) is -0.243. The van der Waals surface area contributed by atoms with Gasteiger partial charge >= 0.3 is 0 Å². The van der Waals surface area contributed by atoms with Crippen molar-refractivity contribution in [1.82, 2.24) is 5.32 Å². The number of aliphatic hydroxyl groups is 11. The maximum atomic E-state index is 13.5. The highest BCUT2D eigenvalue weighted by molar-refractivity contribution is 5.76. The van der Waals surface area contributed by atoms with Gasteiger partial charge in [0.25, 0.3) is 0 Å². The Balaban J connectivity index is 1.32. The summed E-state index contributed by atoms with van der Waals surface area (Å²) in [4.78, 5) is 13.5. The van der Waals surface area contributed by atoms with Crippen LogP contribution in [-0.2, 0) is 33.2 Å². The molecule has 0 bridgehead atoms. The van der Waals surface area contributed by atoms with Crippen LogP contribution in [0, 0.1) is 0 Å². The van der Waals surface area contributed by atoms with Crippen LogP contribution >= 0.6 is 0 Å². The number of aliphatic hydroxyl groups excluding tert-OH is 11. The maximum absolute atomic E-state index is 13.5. The Morgan fingerprint density at radius 2 is 0.622 bits per heavy atom. The monoisotopic (exact) mass is 1570 g/mol. The minimum Gasteiger partial charge on any atom is -0.394 e. The third-order valence-electron chi connectivity index (χ3n) is 21.6. The molecule has 3 aliphatic rings. The Kier molecular flexibility index (Phi) is 64.7. The molecule has 0 aromatic rings. The molecule has 3 aliphatic heterocycles. The molecular weight excluding hydrogens is 1410 g/mol. The van der Waals surface area contributed by atoms with Gasteiger partial charge in [-0.05, 0) is 83.5 Å². The first-order valence-electron chi connectivity index (χ1n) is 44.6. The van der Waals surface area contributed by atoms with E-state index in [-0.39, 0.29) is 18.9 Å². The van der Waals surface area contributed by atoms with Gasteiger partial charge in [-0.3, -0.25) is 4.79 Å². The van der Waals surface area contributed by atoms with Crippen molar-refractivity contribution in [2.24, 2.45) is 0 Å². The second-order valence-corrected chi connectivity index (χ2v) is 31.3. The largest absolute Gasteiger partial charge is 0.394 e. The summed E-state index contributed by atoms with van der Waals surface area (Å²) in [6, 6.07) is -0.896. The molecule has 1 amide bonds. The van der Waals surface area contributed by atoms with Crippen LogP contribution in [-0.4, -0.2) is 193 Å². The molecule has 17 atom stereocenters. The highest BCUT2D eigenvalue weighted by Gasteiger charge is 2.54. The van der Waals surface area contributed by atoms with Gasteiger partial charge in [0.15, 0.2) is 18.9 Å². The van der Waals surface area contributed by atoms with Gasteiger partial charge in [0, 0.05) is 6.42 Å². The lowest BCUT2D eigenvalue weighted by molar-refractivity contribution is -0.379. The molecule has 0 spiro atoms. The van der Waals surface area contributed by atoms with Gasteiger partial charge in [0.05, 0.1) is 38.6 Å². The average Bonchev–Trinajstić information content (AvgIpc) is 0.780. The highest BCUT2D eigenvalue weighted by atomic mass is 16.8. The Morgan fingerprint density at radius 1 is 0.333 bits per heavy atom. The van der Waals surface area contributed by atoms with Crippen molar-refractivity contribution in [2.45, 2.75) is 439 Å². The number of nitrogens with one attached hydrogen (secondary N) is 1. The van der Waals surface area contributed by atoms with Crippen LogP contribution in [0.5, 0.6) is 0 Å². The van der Waals surface area contributed by atoms with Gasteiger partial charge in [0.2, 0.25) is 5.91 Å². The molecule has 19 heteroatoms. The summed E-state index contributed by atoms with van der Waals surface area (Å²) < 4.78 is 34.6. The molecule has 0 aromatic heterocycles. The van der Waals surface area contributed by atoms with E-state index in [2.05, 4.69) is 129 Å². The van der Waals surface area contributed by atoms with Crippen LogP contribution in [0.2, 0.25) is 0 Å². The van der Waals surface area contributed by atoms with Gasteiger partial charge in [-0.2, -0.15) is 0 Å². The summed E-state index contributed by atoms with van der Waals surface area (Å²) in [5.41, 5.74) is 0. The fraction of sp³-hybridized carbons (Fsp3) is 0.793. The minimum absolute atomic E-state index is 0.243. The molecule has 0 saturated carbocycles. The van der Waals surface area contributed by atoms with Crippen LogP contribution in [0.3, 0.4) is 0 Å². The molecular formula is C92H161NO18. The van der Waals surface area contributed by atoms with Gasteiger partial charge in [-0.15, -0.1) is 0 Å². The molecule has 642 valence electrons. The second kappa shape index (κ2) is 70.6. The molecule has 3 saturated heterocycles. The molecule has 3 fully saturated rings. The molecule has 17 unspecified atom stereocenters. The summed E-state index contributed by atoms with van der Waals surface area (Å²) in [6.07, 6.45) is 71.8. The first-order valence-corrected chi connectivity index (χ1v) is 44.6. The Labute approximate surface area is 672 Å². The lowest BCUT2D eigenvalue weighted by Crippen LogP contribution is -2.66. The van der Waals surface area contributed by atoms with Crippen molar-refractivity contribution in [3.05, 3.63) is 109 Å². The predicted octanol–water partition coefficient (Wildman–Crippen LogP) is 16.8. The highest BCUT2D eigenvalue weighted by Crippen LogP contribution is 2.33. The number of ether oxygens (including phenoxy) is 6. The zero-order valence-corrected chi connectivity index (χ0v) is 69.2. The van der Waals surface area contributed by atoms with E-state index >= 15 is 0 Å². The van der Waals surface area contributed by atoms with Crippen LogP contribution < -0.4 is 5.32 Å². The number of hydrogen-bond donors (Lipinski definition) is 12. The number of carbonyl (C=O) groups is 1. The van der Waals surface area contributed by atoms with E-state index in [9.17, 15) is 61.0 Å². The summed E-state index contributed by atoms with van der Waals surface area (Å²) >= 11 is 0. The zero-order valence-electron chi connectivity index (χ0n) is 69.2. The summed E-state index contributed by atoms with van der Waals surface area (Å²) in [6.45, 7) is 1.72. The van der Waals surface area contributed by atoms with Crippen molar-refractivity contribution in [2.75, 3.05) is 26.4 Å². The normalized spacial score (nSPS) is 25.6. The lowest BCUT2D eigenvalue weighted by Gasteiger charge is -2.48. The van der Waals surface area contributed by atoms with E-state index in [1.54, 1.807) is 0 Å². The lowest BCUT2D eigenvalue weighted by atomic mass is 9.96. The van der Waals surface area contributed by atoms with Crippen molar-refractivity contribution in [3.63, 3.8) is 0 Å². The SMILES string of the molecule is CC/C=C\C/C=C\C/C=C\C/C=C\C/C=C\C/C=C\C/C=C\C/C=C\C/C=C\CCCCCCCCCCCCCCCC(=O)NC(COC1OC(CO)C(OC2OC(CO)C(OC3OC(CO)C(O)C(O)C3O)C(O)C2O)C(O)C1O)C(O)CCCCCCCCCCCCCCCCCCCCCCCCCCC. The predicted molar refractivity (Wildman–Crippen MR) is 447 cm³/mol. The Hall–Kier alpha value is -3.55. The molecule has 3 rings (SSSR count). The first kappa shape index (κ1) is 102. The number of allylic oxidation sites excluding steroid dienone is 18. The summed E-state index contributed by atoms with van der Waals surface area (Å²) in [7, 11) is 0. The zero-order chi connectivity index (χ0) is 80.3. The van der Waals surface area contributed by atoms with Gasteiger partial charge in [-0.1, -0.05) is 354 Å². The summed E-state index contributed by atoms with van der Waals surface area (Å²) in [5, 5.41) is 121. The Morgan fingerprint density at radius 3 is 0.973 bits per heavy atom. The molecule has 19 nitrogen and oxygen atoms in total. The molecule has 0 radical (unpaired) electrons. The van der Waals surface area contributed by atoms with Gasteiger partial charge < -0.3 is 89.9 Å². The minimum atomic E-state index is -1.98. The topological polar surface area (TPSA) is 307 Å². The number of rotatable bonds is 71. The molecule has 111 heavy (non-hydrogen) atoms. The molecule has 0 aromatic carbocycles. The molecule has 12 N–H and O–H groups in total. The van der Waals surface area contributed by atoms with E-state index in [0.29, 0.717) is 12.8 Å². The van der Waals surface area contributed by atoms with Gasteiger partial charge in [0.1, 0.15) is 73.2 Å². The van der Waals surface area contributed by atoms with E-state index in [4.69, 9.17) is 28.4 Å². The number of unbranched alkanes of at least 4 members (excludes halogenated alkanes) is 37. The number of carbonyl (C=O) groups excluding carboxylic acids is 1. The van der Waals surface area contributed by atoms with Crippen molar-refractivity contribution >= 4 is 5.91 Å². The van der Waals surface area contributed by atoms with Crippen LogP contribution in [0.1, 0.15) is 335 Å². The fourth-order valence-corrected chi connectivity index (χ4v) is 14.5. The fourth-order valence-electron chi connectivity index (χ4n) is 14.5. The first-order chi connectivity index (χ1) is 54.3. The van der Waals surface area contributed by atoms with Gasteiger partial charge in [-0.25, -0.2) is 0 Å². The van der Waals surface area contributed by atoms with Crippen LogP contribution in [0.4, 0.5) is 0 Å². The van der Waals surface area contributed by atoms with E-state index in [0.717, 1.165) is 109 Å². The van der Waals surface area contributed by atoms with Crippen molar-refractivity contribution in [3.8, 4) is 0 Å².